The van der Waals surface area contributed by atoms with Gasteiger partial charge in [-0.3, -0.25) is 78.3 Å². The summed E-state index contributed by atoms with van der Waals surface area (Å²) >= 11 is 0. The Bertz CT molecular complexity index is 5710. The molecule has 0 saturated heterocycles. The molecule has 0 saturated carbocycles. The monoisotopic (exact) mass is 1770 g/mol. The van der Waals surface area contributed by atoms with E-state index in [9.17, 15) is 63.1 Å². The third-order valence-electron chi connectivity index (χ3n) is 25.2. The zero-order valence-electron chi connectivity index (χ0n) is 72.3. The number of rotatable bonds is 18. The van der Waals surface area contributed by atoms with E-state index in [0.717, 1.165) is 182 Å². The van der Waals surface area contributed by atoms with E-state index in [1.54, 1.807) is 70.5 Å². The second-order valence-corrected chi connectivity index (χ2v) is 34.7. The van der Waals surface area contributed by atoms with Crippen molar-refractivity contribution in [3.63, 3.8) is 0 Å². The number of carbonyl (C=O) groups excluding carboxylic acids is 4. The summed E-state index contributed by atoms with van der Waals surface area (Å²) in [4.78, 5) is 96.6. The molecule has 12 aliphatic heterocycles. The van der Waals surface area contributed by atoms with Crippen molar-refractivity contribution in [3.8, 4) is 0 Å². The average Bonchev–Trinajstić information content (AvgIpc) is 1.70. The zero-order chi connectivity index (χ0) is 90.2. The lowest BCUT2D eigenvalue weighted by Gasteiger charge is -2.42. The lowest BCUT2D eigenvalue weighted by molar-refractivity contribution is -0.137. The minimum absolute atomic E-state index is 0.0476. The van der Waals surface area contributed by atoms with E-state index in [1.807, 2.05) is 37.8 Å². The maximum Gasteiger partial charge on any atom is 0.416 e. The molecule has 12 heterocycles. The van der Waals surface area contributed by atoms with Crippen molar-refractivity contribution in [2.45, 2.75) is 124 Å². The van der Waals surface area contributed by atoms with Crippen molar-refractivity contribution >= 4 is 47.5 Å². The SMILES string of the molecule is CC(F)(F)c1ccc(CN2C(=O)C3=C(CCN(Cc4cccc(C(F)(F)F)c4)C3)N3CCN=C23)cc1.CC(F)(F)c1ccc(CN2C(=O)C3=C(CCN(Cc4cccc(F)c4)C3)N3CCN=C23)cc1.Cc1ccc(CN2C(=O)C3=C(CCN(Cc4cccc(F)c4)C3)N3CCN=C23)cc1.Cc1ccc(CN2C(=O)C3=C(CCN(Cc4cccc(F)c4)C3)N3CCN=C23)cc1. The van der Waals surface area contributed by atoms with Gasteiger partial charge < -0.3 is 19.6 Å². The molecule has 0 fully saturated rings. The van der Waals surface area contributed by atoms with Crippen LogP contribution in [-0.2, 0) is 89.6 Å². The quantitative estimate of drug-likeness (QED) is 0.0750. The predicted octanol–water partition coefficient (Wildman–Crippen LogP) is 15.7. The molecule has 0 atom stereocenters. The predicted molar refractivity (Wildman–Crippen MR) is 471 cm³/mol. The molecule has 8 aromatic carbocycles. The Balaban J connectivity index is 0.000000121. The Hall–Kier alpha value is -12.4. The Morgan fingerprint density at radius 1 is 0.287 bits per heavy atom. The second kappa shape index (κ2) is 37.4. The third kappa shape index (κ3) is 19.9. The van der Waals surface area contributed by atoms with Crippen LogP contribution < -0.4 is 0 Å². The molecule has 4 amide bonds. The van der Waals surface area contributed by atoms with E-state index in [1.165, 1.54) is 65.7 Å². The van der Waals surface area contributed by atoms with Gasteiger partial charge in [0.15, 0.2) is 0 Å². The molecule has 670 valence electrons. The van der Waals surface area contributed by atoms with E-state index in [0.29, 0.717) is 127 Å². The van der Waals surface area contributed by atoms with Gasteiger partial charge in [-0.15, -0.1) is 0 Å². The number of benzene rings is 8. The molecule has 0 aliphatic carbocycles. The molecule has 20 rings (SSSR count). The summed E-state index contributed by atoms with van der Waals surface area (Å²) in [6, 6.07) is 53.8. The molecule has 0 aromatic heterocycles. The number of carbonyl (C=O) groups is 4. The lowest BCUT2D eigenvalue weighted by Crippen LogP contribution is -2.53. The fourth-order valence-electron chi connectivity index (χ4n) is 18.7. The molecule has 0 spiro atoms. The molecular formula is C99H100F10N16O4. The summed E-state index contributed by atoms with van der Waals surface area (Å²) in [6.45, 7) is 20.1. The van der Waals surface area contributed by atoms with Gasteiger partial charge in [-0.2, -0.15) is 13.2 Å². The maximum absolute atomic E-state index is 13.6. The van der Waals surface area contributed by atoms with E-state index in [-0.39, 0.29) is 65.3 Å². The first-order chi connectivity index (χ1) is 62.0. The number of halogens is 10. The number of hydrogen-bond acceptors (Lipinski definition) is 16. The zero-order valence-corrected chi connectivity index (χ0v) is 72.3. The highest BCUT2D eigenvalue weighted by atomic mass is 19.4. The van der Waals surface area contributed by atoms with Crippen LogP contribution in [0.4, 0.5) is 43.9 Å². The van der Waals surface area contributed by atoms with Crippen molar-refractivity contribution in [3.05, 3.63) is 329 Å². The van der Waals surface area contributed by atoms with Gasteiger partial charge in [0.25, 0.3) is 35.5 Å². The normalized spacial score (nSPS) is 19.1. The fourth-order valence-corrected chi connectivity index (χ4v) is 18.7. The van der Waals surface area contributed by atoms with E-state index >= 15 is 0 Å². The number of guanidine groups is 4. The molecule has 0 bridgehead atoms. The van der Waals surface area contributed by atoms with Gasteiger partial charge in [-0.1, -0.05) is 163 Å². The Morgan fingerprint density at radius 3 is 0.783 bits per heavy atom. The lowest BCUT2D eigenvalue weighted by atomic mass is 9.99. The van der Waals surface area contributed by atoms with Crippen molar-refractivity contribution < 1.29 is 63.1 Å². The summed E-state index contributed by atoms with van der Waals surface area (Å²) in [5, 5.41) is 0. The number of hydrogen-bond donors (Lipinski definition) is 0. The standard InChI is InChI=1S/C26H25F5N4O.C25H25F3N4O.2C24H25FN4O/c1-25(27,28)19-7-5-17(6-8-19)15-35-23(36)21-16-33(11-9-22(21)34-12-10-32-24(34)35)14-18-3-2-4-20(13-18)26(29,30)31;1-25(27,28)19-7-5-17(6-8-19)15-32-23(33)21-16-30(14-18-3-2-4-20(26)13-18)11-9-22(21)31-12-10-29-24(31)32;2*1-17-5-7-18(8-6-17)15-29-23(30)21-16-27(14-19-3-2-4-20(25)13-19)11-9-22(21)28-12-10-26-24(28)29/h2-8,13H,9-12,14-16H2,1H3;2-8,13H,9-12,14-16H2,1H3;2*2-8,13H,9-12,14-16H2,1H3. The Kier molecular flexibility index (Phi) is 25.7. The molecular weight excluding hydrogens is 1670 g/mol. The van der Waals surface area contributed by atoms with Crippen LogP contribution in [0.25, 0.3) is 0 Å². The smallest absolute Gasteiger partial charge is 0.314 e. The van der Waals surface area contributed by atoms with E-state index in [4.69, 9.17) is 0 Å². The topological polar surface area (TPSA) is 157 Å². The average molecular weight is 1770 g/mol. The molecule has 20 nitrogen and oxygen atoms in total. The Labute approximate surface area is 743 Å². The van der Waals surface area contributed by atoms with Crippen LogP contribution in [-0.4, -0.2) is 211 Å². The van der Waals surface area contributed by atoms with Gasteiger partial charge in [0.1, 0.15) is 17.5 Å². The van der Waals surface area contributed by atoms with Gasteiger partial charge >= 0.3 is 6.18 Å². The van der Waals surface area contributed by atoms with Crippen molar-refractivity contribution in [2.75, 3.05) is 105 Å². The summed E-state index contributed by atoms with van der Waals surface area (Å²) in [6.07, 6.45) is -1.47. The van der Waals surface area contributed by atoms with Gasteiger partial charge in [-0.05, 0) is 101 Å². The molecule has 8 aromatic rings. The largest absolute Gasteiger partial charge is 0.416 e. The van der Waals surface area contributed by atoms with Crippen LogP contribution in [0.3, 0.4) is 0 Å². The molecule has 129 heavy (non-hydrogen) atoms. The van der Waals surface area contributed by atoms with Crippen LogP contribution in [0.1, 0.15) is 112 Å². The van der Waals surface area contributed by atoms with Crippen molar-refractivity contribution in [1.82, 2.24) is 58.8 Å². The second-order valence-electron chi connectivity index (χ2n) is 34.7. The van der Waals surface area contributed by atoms with Crippen molar-refractivity contribution in [2.24, 2.45) is 20.0 Å². The maximum atomic E-state index is 13.6. The molecule has 0 unspecified atom stereocenters. The van der Waals surface area contributed by atoms with Crippen LogP contribution in [0.2, 0.25) is 0 Å². The minimum atomic E-state index is -4.41. The van der Waals surface area contributed by atoms with Gasteiger partial charge in [0.2, 0.25) is 23.8 Å². The molecule has 0 radical (unpaired) electrons. The van der Waals surface area contributed by atoms with Crippen LogP contribution in [0.15, 0.2) is 259 Å². The number of aliphatic imine (C=N–C) groups is 4. The van der Waals surface area contributed by atoms with Crippen molar-refractivity contribution in [1.29, 1.82) is 0 Å². The number of aryl methyl sites for hydroxylation is 2. The summed E-state index contributed by atoms with van der Waals surface area (Å²) in [5.74, 6) is -3.99. The number of fused-ring (bicyclic) bond motifs is 8. The summed E-state index contributed by atoms with van der Waals surface area (Å²) in [7, 11) is 0. The Morgan fingerprint density at radius 2 is 0.535 bits per heavy atom. The van der Waals surface area contributed by atoms with Crippen LogP contribution >= 0.6 is 0 Å². The van der Waals surface area contributed by atoms with Crippen LogP contribution in [0.5, 0.6) is 0 Å². The molecule has 0 N–H and O–H groups in total. The molecule has 30 heteroatoms. The van der Waals surface area contributed by atoms with E-state index in [2.05, 4.69) is 112 Å². The summed E-state index contributed by atoms with van der Waals surface area (Å²) in [5.41, 5.74) is 15.7. The molecule has 12 aliphatic rings. The number of nitrogens with zero attached hydrogens (tertiary/aromatic N) is 16. The fraction of sp³-hybridized carbons (Fsp3) is 0.354. The van der Waals surface area contributed by atoms with Gasteiger partial charge in [-0.25, -0.2) is 30.7 Å². The first kappa shape index (κ1) is 88.6. The van der Waals surface area contributed by atoms with Crippen LogP contribution in [0, 0.1) is 31.3 Å². The number of alkyl halides is 7. The summed E-state index contributed by atoms with van der Waals surface area (Å²) < 4.78 is 134. The van der Waals surface area contributed by atoms with Gasteiger partial charge in [0, 0.05) is 178 Å². The minimum Gasteiger partial charge on any atom is -0.314 e. The highest BCUT2D eigenvalue weighted by Gasteiger charge is 2.47. The van der Waals surface area contributed by atoms with Gasteiger partial charge in [0.05, 0.1) is 80.2 Å². The first-order valence-corrected chi connectivity index (χ1v) is 43.7. The highest BCUT2D eigenvalue weighted by molar-refractivity contribution is 6.12. The highest BCUT2D eigenvalue weighted by Crippen LogP contribution is 2.40. The van der Waals surface area contributed by atoms with E-state index < -0.39 is 23.6 Å². The third-order valence-corrected chi connectivity index (χ3v) is 25.2. The first-order valence-electron chi connectivity index (χ1n) is 43.7. The number of amides is 4.